The molecule has 0 atom stereocenters. The van der Waals surface area contributed by atoms with Gasteiger partial charge in [0.2, 0.25) is 0 Å². The van der Waals surface area contributed by atoms with Crippen LogP contribution in [0.4, 0.5) is 10.2 Å². The van der Waals surface area contributed by atoms with Crippen LogP contribution >= 0.6 is 0 Å². The van der Waals surface area contributed by atoms with Gasteiger partial charge in [-0.05, 0) is 52.0 Å². The SMILES string of the molecule is COC(=O)c1ccc(F)cc1COc1cc(B2OC(C)(C)C(C)(C)O2)cnc1N. The number of carbonyl (C=O) groups is 1. The first-order valence-corrected chi connectivity index (χ1v) is 9.14. The van der Waals surface area contributed by atoms with Gasteiger partial charge in [-0.2, -0.15) is 0 Å². The highest BCUT2D eigenvalue weighted by Gasteiger charge is 2.52. The van der Waals surface area contributed by atoms with Crippen LogP contribution in [0.25, 0.3) is 0 Å². The van der Waals surface area contributed by atoms with E-state index < -0.39 is 30.1 Å². The second-order valence-electron chi connectivity index (χ2n) is 7.82. The number of hydrogen-bond donors (Lipinski definition) is 1. The predicted molar refractivity (Wildman–Crippen MR) is 106 cm³/mol. The molecule has 0 saturated carbocycles. The van der Waals surface area contributed by atoms with Gasteiger partial charge in [0.1, 0.15) is 12.4 Å². The van der Waals surface area contributed by atoms with Crippen LogP contribution in [0.5, 0.6) is 5.75 Å². The highest BCUT2D eigenvalue weighted by molar-refractivity contribution is 6.62. The van der Waals surface area contributed by atoms with E-state index in [1.807, 2.05) is 27.7 Å². The second kappa shape index (κ2) is 7.64. The van der Waals surface area contributed by atoms with E-state index >= 15 is 0 Å². The van der Waals surface area contributed by atoms with Gasteiger partial charge in [0, 0.05) is 17.2 Å². The lowest BCUT2D eigenvalue weighted by Crippen LogP contribution is -2.41. The minimum Gasteiger partial charge on any atom is -0.485 e. The Kier molecular flexibility index (Phi) is 5.56. The Bertz CT molecular complexity index is 919. The minimum absolute atomic E-state index is 0.0963. The molecule has 2 heterocycles. The van der Waals surface area contributed by atoms with Crippen molar-refractivity contribution in [2.45, 2.75) is 45.5 Å². The average molecular weight is 402 g/mol. The largest absolute Gasteiger partial charge is 0.496 e. The van der Waals surface area contributed by atoms with Crippen LogP contribution in [-0.4, -0.2) is 36.4 Å². The van der Waals surface area contributed by atoms with Crippen molar-refractivity contribution in [3.63, 3.8) is 0 Å². The summed E-state index contributed by atoms with van der Waals surface area (Å²) in [7, 11) is 0.627. The van der Waals surface area contributed by atoms with E-state index in [4.69, 9.17) is 24.5 Å². The molecule has 1 aliphatic rings. The molecule has 154 valence electrons. The number of nitrogen functional groups attached to an aromatic ring is 1. The molecule has 1 fully saturated rings. The fourth-order valence-corrected chi connectivity index (χ4v) is 2.84. The Morgan fingerprint density at radius 3 is 2.48 bits per heavy atom. The number of aromatic nitrogens is 1. The van der Waals surface area contributed by atoms with Gasteiger partial charge in [0.15, 0.2) is 11.6 Å². The molecule has 2 N–H and O–H groups in total. The molecule has 0 radical (unpaired) electrons. The van der Waals surface area contributed by atoms with Crippen LogP contribution < -0.4 is 15.9 Å². The maximum Gasteiger partial charge on any atom is 0.496 e. The lowest BCUT2D eigenvalue weighted by molar-refractivity contribution is 0.00578. The summed E-state index contributed by atoms with van der Waals surface area (Å²) in [4.78, 5) is 16.1. The molecule has 1 aliphatic heterocycles. The smallest absolute Gasteiger partial charge is 0.485 e. The molecule has 1 aromatic carbocycles. The van der Waals surface area contributed by atoms with E-state index in [-0.39, 0.29) is 23.7 Å². The van der Waals surface area contributed by atoms with Crippen molar-refractivity contribution in [1.82, 2.24) is 4.98 Å². The summed E-state index contributed by atoms with van der Waals surface area (Å²) in [6.07, 6.45) is 1.56. The number of esters is 1. The monoisotopic (exact) mass is 402 g/mol. The van der Waals surface area contributed by atoms with Gasteiger partial charge in [0.25, 0.3) is 0 Å². The van der Waals surface area contributed by atoms with Gasteiger partial charge < -0.3 is 24.5 Å². The second-order valence-corrected chi connectivity index (χ2v) is 7.82. The third-order valence-electron chi connectivity index (χ3n) is 5.28. The molecule has 1 saturated heterocycles. The minimum atomic E-state index is -0.629. The summed E-state index contributed by atoms with van der Waals surface area (Å²) < 4.78 is 36.2. The normalized spacial score (nSPS) is 17.2. The zero-order chi connectivity index (χ0) is 21.4. The molecular formula is C20H24BFN2O5. The summed E-state index contributed by atoms with van der Waals surface area (Å²) in [5.41, 5.74) is 6.10. The van der Waals surface area contributed by atoms with Gasteiger partial charge in [-0.1, -0.05) is 0 Å². The zero-order valence-corrected chi connectivity index (χ0v) is 17.1. The van der Waals surface area contributed by atoms with E-state index in [1.54, 1.807) is 12.3 Å². The quantitative estimate of drug-likeness (QED) is 0.607. The summed E-state index contributed by atoms with van der Waals surface area (Å²) in [5, 5.41) is 0. The standard InChI is InChI=1S/C20H24BFN2O5/c1-19(2)20(3,4)29-21(28-19)13-9-16(17(23)24-10-13)27-11-12-8-14(22)6-7-15(12)18(25)26-5/h6-10H,11H2,1-5H3,(H2,23,24). The lowest BCUT2D eigenvalue weighted by atomic mass is 9.80. The van der Waals surface area contributed by atoms with Crippen molar-refractivity contribution < 1.29 is 28.0 Å². The predicted octanol–water partition coefficient (Wildman–Crippen LogP) is 2.47. The first-order valence-electron chi connectivity index (χ1n) is 9.14. The number of benzene rings is 1. The van der Waals surface area contributed by atoms with Gasteiger partial charge in [-0.15, -0.1) is 0 Å². The number of nitrogens with zero attached hydrogens (tertiary/aromatic N) is 1. The molecule has 0 aliphatic carbocycles. The topological polar surface area (TPSA) is 92.9 Å². The van der Waals surface area contributed by atoms with Gasteiger partial charge >= 0.3 is 13.1 Å². The molecule has 7 nitrogen and oxygen atoms in total. The summed E-state index contributed by atoms with van der Waals surface area (Å²) in [5.74, 6) is -0.646. The van der Waals surface area contributed by atoms with Gasteiger partial charge in [-0.25, -0.2) is 14.2 Å². The summed E-state index contributed by atoms with van der Waals surface area (Å²) >= 11 is 0. The van der Waals surface area contributed by atoms with E-state index in [0.717, 1.165) is 0 Å². The number of rotatable bonds is 5. The molecule has 0 unspecified atom stereocenters. The Morgan fingerprint density at radius 1 is 1.21 bits per heavy atom. The number of methoxy groups -OCH3 is 1. The number of nitrogens with two attached hydrogens (primary N) is 1. The van der Waals surface area contributed by atoms with Crippen LogP contribution in [0.1, 0.15) is 43.6 Å². The lowest BCUT2D eigenvalue weighted by Gasteiger charge is -2.32. The highest BCUT2D eigenvalue weighted by atomic mass is 19.1. The number of halogens is 1. The number of anilines is 1. The molecule has 1 aromatic heterocycles. The molecule has 0 spiro atoms. The molecule has 29 heavy (non-hydrogen) atoms. The number of ether oxygens (including phenoxy) is 2. The van der Waals surface area contributed by atoms with Crippen LogP contribution in [0.2, 0.25) is 0 Å². The fourth-order valence-electron chi connectivity index (χ4n) is 2.84. The molecule has 2 aromatic rings. The van der Waals surface area contributed by atoms with E-state index in [0.29, 0.717) is 11.0 Å². The van der Waals surface area contributed by atoms with Crippen LogP contribution in [0.3, 0.4) is 0 Å². The summed E-state index contributed by atoms with van der Waals surface area (Å²) in [6.45, 7) is 7.71. The Labute approximate surface area is 169 Å². The Balaban J connectivity index is 1.82. The highest BCUT2D eigenvalue weighted by Crippen LogP contribution is 2.36. The average Bonchev–Trinajstić information content (AvgIpc) is 2.88. The zero-order valence-electron chi connectivity index (χ0n) is 17.1. The van der Waals surface area contributed by atoms with E-state index in [9.17, 15) is 9.18 Å². The van der Waals surface area contributed by atoms with Crippen LogP contribution in [-0.2, 0) is 20.7 Å². The third kappa shape index (κ3) is 4.20. The van der Waals surface area contributed by atoms with E-state index in [1.165, 1.54) is 25.3 Å². The molecule has 0 amide bonds. The maximum absolute atomic E-state index is 13.7. The first-order chi connectivity index (χ1) is 13.5. The van der Waals surface area contributed by atoms with Crippen molar-refractivity contribution >= 4 is 24.4 Å². The fraction of sp³-hybridized carbons (Fsp3) is 0.400. The van der Waals surface area contributed by atoms with E-state index in [2.05, 4.69) is 4.98 Å². The van der Waals surface area contributed by atoms with Crippen LogP contribution in [0, 0.1) is 5.82 Å². The van der Waals surface area contributed by atoms with Crippen molar-refractivity contribution in [1.29, 1.82) is 0 Å². The number of carbonyl (C=O) groups excluding carboxylic acids is 1. The Hall–Kier alpha value is -2.65. The van der Waals surface area contributed by atoms with Gasteiger partial charge in [0.05, 0.1) is 23.9 Å². The van der Waals surface area contributed by atoms with Crippen molar-refractivity contribution in [2.75, 3.05) is 12.8 Å². The van der Waals surface area contributed by atoms with Crippen molar-refractivity contribution in [3.8, 4) is 5.75 Å². The van der Waals surface area contributed by atoms with Crippen molar-refractivity contribution in [2.24, 2.45) is 0 Å². The number of pyridine rings is 1. The molecule has 9 heteroatoms. The molecule has 3 rings (SSSR count). The first kappa shape index (κ1) is 21.1. The number of hydrogen-bond acceptors (Lipinski definition) is 7. The molecule has 0 bridgehead atoms. The Morgan fingerprint density at radius 2 is 1.86 bits per heavy atom. The van der Waals surface area contributed by atoms with Crippen molar-refractivity contribution in [3.05, 3.63) is 47.4 Å². The summed E-state index contributed by atoms with van der Waals surface area (Å²) in [6, 6.07) is 5.42. The molecular weight excluding hydrogens is 378 g/mol. The van der Waals surface area contributed by atoms with Gasteiger partial charge in [-0.3, -0.25) is 0 Å². The van der Waals surface area contributed by atoms with Crippen LogP contribution in [0.15, 0.2) is 30.5 Å². The third-order valence-corrected chi connectivity index (χ3v) is 5.28. The maximum atomic E-state index is 13.7.